The Morgan fingerprint density at radius 1 is 1.00 bits per heavy atom. The second-order valence-corrected chi connectivity index (χ2v) is 4.95. The summed E-state index contributed by atoms with van der Waals surface area (Å²) in [6.45, 7) is 5.86. The third-order valence-electron chi connectivity index (χ3n) is 3.32. The number of aliphatic hydroxyl groups excluding tert-OH is 1. The molecule has 2 aromatic carbocycles. The molecule has 98 valence electrons. The number of carbonyl (C=O) groups excluding carboxylic acids is 1. The van der Waals surface area contributed by atoms with Crippen LogP contribution >= 0.6 is 0 Å². The number of ketones is 1. The molecular weight excluding hydrogens is 236 g/mol. The van der Waals surface area contributed by atoms with Crippen molar-refractivity contribution in [1.82, 2.24) is 0 Å². The molecule has 0 bridgehead atoms. The predicted octanol–water partition coefficient (Wildman–Crippen LogP) is 3.53. The van der Waals surface area contributed by atoms with Crippen molar-refractivity contribution in [3.63, 3.8) is 0 Å². The first-order valence-electron chi connectivity index (χ1n) is 6.36. The maximum absolute atomic E-state index is 12.3. The van der Waals surface area contributed by atoms with E-state index in [9.17, 15) is 9.90 Å². The first kappa shape index (κ1) is 13.5. The number of aryl methyl sites for hydroxylation is 3. The number of aliphatic hydroxyl groups is 1. The summed E-state index contributed by atoms with van der Waals surface area (Å²) < 4.78 is 0. The van der Waals surface area contributed by atoms with Crippen LogP contribution in [-0.2, 0) is 0 Å². The van der Waals surface area contributed by atoms with Gasteiger partial charge in [-0.25, -0.2) is 0 Å². The Morgan fingerprint density at radius 3 is 2.05 bits per heavy atom. The lowest BCUT2D eigenvalue weighted by Crippen LogP contribution is -2.15. The van der Waals surface area contributed by atoms with E-state index in [1.807, 2.05) is 39.0 Å². The molecule has 0 aromatic heterocycles. The van der Waals surface area contributed by atoms with Crippen LogP contribution in [0, 0.1) is 20.8 Å². The van der Waals surface area contributed by atoms with Crippen LogP contribution in [0.3, 0.4) is 0 Å². The molecule has 0 aliphatic carbocycles. The zero-order valence-electron chi connectivity index (χ0n) is 11.5. The Morgan fingerprint density at radius 2 is 1.53 bits per heavy atom. The molecule has 0 radical (unpaired) electrons. The Bertz CT molecular complexity index is 577. The minimum atomic E-state index is -1.09. The summed E-state index contributed by atoms with van der Waals surface area (Å²) in [5, 5.41) is 10.3. The van der Waals surface area contributed by atoms with Crippen LogP contribution in [-0.4, -0.2) is 10.9 Å². The molecule has 0 saturated carbocycles. The van der Waals surface area contributed by atoms with Gasteiger partial charge >= 0.3 is 0 Å². The summed E-state index contributed by atoms with van der Waals surface area (Å²) in [5.41, 5.74) is 4.30. The molecule has 19 heavy (non-hydrogen) atoms. The van der Waals surface area contributed by atoms with Crippen molar-refractivity contribution in [3.8, 4) is 0 Å². The molecule has 0 amide bonds. The van der Waals surface area contributed by atoms with E-state index in [4.69, 9.17) is 0 Å². The van der Waals surface area contributed by atoms with Crippen molar-refractivity contribution in [2.75, 3.05) is 0 Å². The molecule has 0 aliphatic rings. The highest BCUT2D eigenvalue weighted by Gasteiger charge is 2.22. The summed E-state index contributed by atoms with van der Waals surface area (Å²) in [5.74, 6) is -0.254. The number of hydrogen-bond acceptors (Lipinski definition) is 2. The van der Waals surface area contributed by atoms with Gasteiger partial charge in [-0.05, 0) is 37.5 Å². The first-order valence-corrected chi connectivity index (χ1v) is 6.36. The molecule has 0 aliphatic heterocycles. The fraction of sp³-hybridized carbons (Fsp3) is 0.235. The number of rotatable bonds is 3. The van der Waals surface area contributed by atoms with Crippen LogP contribution in [0.25, 0.3) is 0 Å². The van der Waals surface area contributed by atoms with Gasteiger partial charge in [-0.15, -0.1) is 0 Å². The molecule has 0 saturated heterocycles. The van der Waals surface area contributed by atoms with Crippen molar-refractivity contribution < 1.29 is 9.90 Å². The molecule has 2 rings (SSSR count). The normalized spacial score (nSPS) is 12.2. The maximum atomic E-state index is 12.3. The van der Waals surface area contributed by atoms with Gasteiger partial charge in [0.2, 0.25) is 0 Å². The average molecular weight is 254 g/mol. The Balaban J connectivity index is 2.40. The molecule has 0 spiro atoms. The molecule has 2 aromatic rings. The molecule has 1 unspecified atom stereocenters. The minimum Gasteiger partial charge on any atom is -0.380 e. The Labute approximate surface area is 113 Å². The highest BCUT2D eigenvalue weighted by Crippen LogP contribution is 2.26. The summed E-state index contributed by atoms with van der Waals surface area (Å²) in [6, 6.07) is 12.9. The van der Waals surface area contributed by atoms with E-state index < -0.39 is 6.10 Å². The second-order valence-electron chi connectivity index (χ2n) is 4.95. The highest BCUT2D eigenvalue weighted by atomic mass is 16.3. The lowest BCUT2D eigenvalue weighted by molar-refractivity contribution is 0.0745. The number of carbonyl (C=O) groups is 1. The van der Waals surface area contributed by atoms with E-state index in [0.29, 0.717) is 5.56 Å². The number of benzene rings is 2. The third-order valence-corrected chi connectivity index (χ3v) is 3.32. The summed E-state index contributed by atoms with van der Waals surface area (Å²) >= 11 is 0. The van der Waals surface area contributed by atoms with Gasteiger partial charge in [0.05, 0.1) is 0 Å². The quantitative estimate of drug-likeness (QED) is 0.851. The zero-order chi connectivity index (χ0) is 14.0. The lowest BCUT2D eigenvalue weighted by atomic mass is 9.91. The van der Waals surface area contributed by atoms with Crippen LogP contribution in [0.15, 0.2) is 42.5 Å². The van der Waals surface area contributed by atoms with Gasteiger partial charge in [-0.3, -0.25) is 4.79 Å². The SMILES string of the molecule is Cc1cc(C)c(C(O)C(=O)c2ccccc2)c(C)c1. The van der Waals surface area contributed by atoms with Crippen molar-refractivity contribution in [3.05, 3.63) is 70.3 Å². The van der Waals surface area contributed by atoms with Gasteiger partial charge in [0, 0.05) is 5.56 Å². The van der Waals surface area contributed by atoms with Crippen molar-refractivity contribution in [2.24, 2.45) is 0 Å². The van der Waals surface area contributed by atoms with E-state index in [1.165, 1.54) is 0 Å². The fourth-order valence-corrected chi connectivity index (χ4v) is 2.51. The number of hydrogen-bond donors (Lipinski definition) is 1. The molecule has 0 heterocycles. The molecule has 2 heteroatoms. The van der Waals surface area contributed by atoms with Crippen molar-refractivity contribution >= 4 is 5.78 Å². The van der Waals surface area contributed by atoms with Gasteiger partial charge in [0.15, 0.2) is 5.78 Å². The molecule has 0 fully saturated rings. The third kappa shape index (κ3) is 2.74. The fourth-order valence-electron chi connectivity index (χ4n) is 2.51. The molecular formula is C17H18O2. The van der Waals surface area contributed by atoms with E-state index >= 15 is 0 Å². The van der Waals surface area contributed by atoms with Crippen LogP contribution in [0.1, 0.15) is 38.7 Å². The maximum Gasteiger partial charge on any atom is 0.195 e. The van der Waals surface area contributed by atoms with Crippen LogP contribution in [0.5, 0.6) is 0 Å². The standard InChI is InChI=1S/C17H18O2/c1-11-9-12(2)15(13(3)10-11)17(19)16(18)14-7-5-4-6-8-14/h4-10,17,19H,1-3H3. The van der Waals surface area contributed by atoms with Crippen molar-refractivity contribution in [1.29, 1.82) is 0 Å². The van der Waals surface area contributed by atoms with Gasteiger partial charge in [-0.1, -0.05) is 48.0 Å². The zero-order valence-corrected chi connectivity index (χ0v) is 11.5. The van der Waals surface area contributed by atoms with Crippen molar-refractivity contribution in [2.45, 2.75) is 26.9 Å². The largest absolute Gasteiger partial charge is 0.380 e. The second kappa shape index (κ2) is 5.37. The van der Waals surface area contributed by atoms with E-state index in [-0.39, 0.29) is 5.78 Å². The monoisotopic (exact) mass is 254 g/mol. The lowest BCUT2D eigenvalue weighted by Gasteiger charge is -2.16. The first-order chi connectivity index (χ1) is 9.00. The average Bonchev–Trinajstić information content (AvgIpc) is 2.37. The topological polar surface area (TPSA) is 37.3 Å². The molecule has 1 N–H and O–H groups in total. The smallest absolute Gasteiger partial charge is 0.195 e. The Hall–Kier alpha value is -1.93. The summed E-state index contributed by atoms with van der Waals surface area (Å²) in [6.07, 6.45) is -1.09. The van der Waals surface area contributed by atoms with Crippen LogP contribution in [0.4, 0.5) is 0 Å². The van der Waals surface area contributed by atoms with E-state index in [1.54, 1.807) is 24.3 Å². The van der Waals surface area contributed by atoms with E-state index in [2.05, 4.69) is 0 Å². The Kier molecular flexibility index (Phi) is 3.82. The van der Waals surface area contributed by atoms with Crippen LogP contribution in [0.2, 0.25) is 0 Å². The highest BCUT2D eigenvalue weighted by molar-refractivity contribution is 6.00. The summed E-state index contributed by atoms with van der Waals surface area (Å²) in [4.78, 5) is 12.3. The van der Waals surface area contributed by atoms with Gasteiger partial charge in [-0.2, -0.15) is 0 Å². The van der Waals surface area contributed by atoms with Gasteiger partial charge < -0.3 is 5.11 Å². The number of Topliss-reactive ketones (excluding diaryl/α,β-unsaturated/α-hetero) is 1. The minimum absolute atomic E-state index is 0.254. The van der Waals surface area contributed by atoms with Crippen LogP contribution < -0.4 is 0 Å². The summed E-state index contributed by atoms with van der Waals surface area (Å²) in [7, 11) is 0. The van der Waals surface area contributed by atoms with E-state index in [0.717, 1.165) is 22.3 Å². The van der Waals surface area contributed by atoms with Gasteiger partial charge in [0.1, 0.15) is 6.10 Å². The molecule has 2 nitrogen and oxygen atoms in total. The van der Waals surface area contributed by atoms with Gasteiger partial charge in [0.25, 0.3) is 0 Å². The predicted molar refractivity (Wildman–Crippen MR) is 76.4 cm³/mol. The molecule has 1 atom stereocenters.